The number of hydrogen-bond acceptors (Lipinski definition) is 2. The minimum Gasteiger partial charge on any atom is -0.378 e. The highest BCUT2D eigenvalue weighted by molar-refractivity contribution is 14.0. The maximum atomic E-state index is 5.94. The molecule has 5 heteroatoms. The molecule has 0 aliphatic rings. The zero-order valence-corrected chi connectivity index (χ0v) is 17.7. The van der Waals surface area contributed by atoms with Crippen molar-refractivity contribution >= 4 is 41.3 Å². The Bertz CT molecular complexity index is 648. The Morgan fingerprint density at radius 2 is 1.60 bits per heavy atom. The highest BCUT2D eigenvalue weighted by Gasteiger charge is 1.98. The Labute approximate surface area is 168 Å². The van der Waals surface area contributed by atoms with E-state index in [-0.39, 0.29) is 24.0 Å². The summed E-state index contributed by atoms with van der Waals surface area (Å²) in [6, 6.07) is 16.9. The van der Waals surface area contributed by atoms with Crippen LogP contribution in [-0.2, 0) is 12.8 Å². The van der Waals surface area contributed by atoms with Crippen LogP contribution in [0.3, 0.4) is 0 Å². The number of anilines is 2. The number of nitrogens with two attached hydrogens (primary N) is 1. The van der Waals surface area contributed by atoms with Gasteiger partial charge in [0.2, 0.25) is 0 Å². The van der Waals surface area contributed by atoms with Gasteiger partial charge >= 0.3 is 0 Å². The van der Waals surface area contributed by atoms with Crippen LogP contribution in [0, 0.1) is 0 Å². The molecule has 25 heavy (non-hydrogen) atoms. The fourth-order valence-electron chi connectivity index (χ4n) is 2.45. The van der Waals surface area contributed by atoms with Crippen LogP contribution in [0.2, 0.25) is 0 Å². The van der Waals surface area contributed by atoms with E-state index in [9.17, 15) is 0 Å². The van der Waals surface area contributed by atoms with Gasteiger partial charge in [-0.25, -0.2) is 0 Å². The van der Waals surface area contributed by atoms with Gasteiger partial charge in [-0.2, -0.15) is 0 Å². The number of hydrogen-bond donors (Lipinski definition) is 2. The Morgan fingerprint density at radius 3 is 2.16 bits per heavy atom. The number of nitrogens with zero attached hydrogens (tertiary/aromatic N) is 2. The van der Waals surface area contributed by atoms with Gasteiger partial charge in [0, 0.05) is 32.0 Å². The molecular weight excluding hydrogens is 423 g/mol. The molecule has 136 valence electrons. The number of aryl methyl sites for hydroxylation is 2. The number of nitrogens with one attached hydrogen (secondary N) is 1. The van der Waals surface area contributed by atoms with E-state index in [4.69, 9.17) is 5.73 Å². The number of aliphatic imine (C=N–C) groups is 1. The molecule has 0 unspecified atom stereocenters. The first-order chi connectivity index (χ1) is 11.6. The van der Waals surface area contributed by atoms with Crippen LogP contribution >= 0.6 is 24.0 Å². The summed E-state index contributed by atoms with van der Waals surface area (Å²) in [6.07, 6.45) is 3.04. The summed E-state index contributed by atoms with van der Waals surface area (Å²) in [4.78, 5) is 6.50. The zero-order chi connectivity index (χ0) is 17.4. The summed E-state index contributed by atoms with van der Waals surface area (Å²) in [7, 11) is 4.10. The summed E-state index contributed by atoms with van der Waals surface area (Å²) in [5.74, 6) is 0.474. The van der Waals surface area contributed by atoms with E-state index in [0.29, 0.717) is 5.96 Å². The monoisotopic (exact) mass is 452 g/mol. The summed E-state index contributed by atoms with van der Waals surface area (Å²) >= 11 is 0. The van der Waals surface area contributed by atoms with E-state index in [1.165, 1.54) is 16.8 Å². The predicted molar refractivity (Wildman–Crippen MR) is 120 cm³/mol. The van der Waals surface area contributed by atoms with Gasteiger partial charge in [-0.1, -0.05) is 31.2 Å². The SMILES string of the molecule is CCc1ccc(NC(N)=NCCCc2ccc(N(C)C)cc2)cc1.I. The minimum atomic E-state index is 0. The Morgan fingerprint density at radius 1 is 1.00 bits per heavy atom. The highest BCUT2D eigenvalue weighted by atomic mass is 127. The number of benzene rings is 2. The van der Waals surface area contributed by atoms with E-state index < -0.39 is 0 Å². The molecule has 2 aromatic rings. The predicted octanol–water partition coefficient (Wildman–Crippen LogP) is 4.29. The fourth-order valence-corrected chi connectivity index (χ4v) is 2.45. The van der Waals surface area contributed by atoms with E-state index in [2.05, 4.69) is 72.6 Å². The van der Waals surface area contributed by atoms with Gasteiger partial charge in [-0.3, -0.25) is 4.99 Å². The molecule has 0 aromatic heterocycles. The lowest BCUT2D eigenvalue weighted by Crippen LogP contribution is -2.22. The molecule has 3 N–H and O–H groups in total. The quantitative estimate of drug-likeness (QED) is 0.285. The van der Waals surface area contributed by atoms with Crippen molar-refractivity contribution < 1.29 is 0 Å². The topological polar surface area (TPSA) is 53.6 Å². The van der Waals surface area contributed by atoms with Crippen molar-refractivity contribution in [3.8, 4) is 0 Å². The Balaban J connectivity index is 0.00000312. The number of guanidine groups is 1. The molecule has 0 bridgehead atoms. The summed E-state index contributed by atoms with van der Waals surface area (Å²) in [5.41, 5.74) is 10.8. The third-order valence-corrected chi connectivity index (χ3v) is 3.99. The number of halogens is 1. The molecule has 2 rings (SSSR count). The summed E-state index contributed by atoms with van der Waals surface area (Å²) in [6.45, 7) is 2.87. The van der Waals surface area contributed by atoms with Gasteiger partial charge in [0.15, 0.2) is 5.96 Å². The number of rotatable bonds is 7. The molecule has 4 nitrogen and oxygen atoms in total. The molecule has 0 aliphatic carbocycles. The van der Waals surface area contributed by atoms with Crippen LogP contribution in [0.15, 0.2) is 53.5 Å². The van der Waals surface area contributed by atoms with Gasteiger partial charge in [0.1, 0.15) is 0 Å². The molecule has 0 amide bonds. The molecule has 0 atom stereocenters. The van der Waals surface area contributed by atoms with Crippen LogP contribution in [0.4, 0.5) is 11.4 Å². The van der Waals surface area contributed by atoms with Crippen molar-refractivity contribution in [1.82, 2.24) is 0 Å². The lowest BCUT2D eigenvalue weighted by molar-refractivity contribution is 0.832. The second kappa shape index (κ2) is 11.0. The van der Waals surface area contributed by atoms with Crippen molar-refractivity contribution in [2.24, 2.45) is 10.7 Å². The average Bonchev–Trinajstić information content (AvgIpc) is 2.60. The molecule has 0 heterocycles. The molecule has 0 saturated carbocycles. The van der Waals surface area contributed by atoms with Crippen molar-refractivity contribution in [3.63, 3.8) is 0 Å². The van der Waals surface area contributed by atoms with Crippen molar-refractivity contribution in [1.29, 1.82) is 0 Å². The van der Waals surface area contributed by atoms with E-state index >= 15 is 0 Å². The molecular formula is C20H29IN4. The summed E-state index contributed by atoms with van der Waals surface area (Å²) < 4.78 is 0. The average molecular weight is 452 g/mol. The zero-order valence-electron chi connectivity index (χ0n) is 15.3. The maximum absolute atomic E-state index is 5.94. The highest BCUT2D eigenvalue weighted by Crippen LogP contribution is 2.13. The van der Waals surface area contributed by atoms with Crippen LogP contribution in [0.25, 0.3) is 0 Å². The molecule has 2 aromatic carbocycles. The summed E-state index contributed by atoms with van der Waals surface area (Å²) in [5, 5.41) is 3.13. The normalized spacial score (nSPS) is 10.9. The Kier molecular flexibility index (Phi) is 9.34. The first-order valence-electron chi connectivity index (χ1n) is 8.50. The van der Waals surface area contributed by atoms with E-state index in [0.717, 1.165) is 31.5 Å². The lowest BCUT2D eigenvalue weighted by Gasteiger charge is -2.12. The minimum absolute atomic E-state index is 0. The Hall–Kier alpha value is -1.76. The van der Waals surface area contributed by atoms with E-state index in [1.807, 2.05) is 12.1 Å². The molecule has 0 saturated heterocycles. The largest absolute Gasteiger partial charge is 0.378 e. The van der Waals surface area contributed by atoms with Gasteiger partial charge in [0.25, 0.3) is 0 Å². The lowest BCUT2D eigenvalue weighted by atomic mass is 10.1. The standard InChI is InChI=1S/C20H28N4.HI/c1-4-16-7-11-18(12-8-16)23-20(21)22-15-5-6-17-9-13-19(14-10-17)24(2)3;/h7-14H,4-6,15H2,1-3H3,(H3,21,22,23);1H. The third-order valence-electron chi connectivity index (χ3n) is 3.99. The first-order valence-corrected chi connectivity index (χ1v) is 8.50. The second-order valence-electron chi connectivity index (χ2n) is 6.11. The molecule has 0 spiro atoms. The second-order valence-corrected chi connectivity index (χ2v) is 6.11. The van der Waals surface area contributed by atoms with Crippen LogP contribution in [-0.4, -0.2) is 26.6 Å². The maximum Gasteiger partial charge on any atom is 0.193 e. The molecule has 0 radical (unpaired) electrons. The van der Waals surface area contributed by atoms with E-state index in [1.54, 1.807) is 0 Å². The first kappa shape index (κ1) is 21.3. The van der Waals surface area contributed by atoms with Crippen LogP contribution < -0.4 is 16.0 Å². The van der Waals surface area contributed by atoms with Crippen LogP contribution in [0.5, 0.6) is 0 Å². The molecule has 0 fully saturated rings. The fraction of sp³-hybridized carbons (Fsp3) is 0.350. The van der Waals surface area contributed by atoms with Gasteiger partial charge < -0.3 is 16.0 Å². The van der Waals surface area contributed by atoms with Crippen molar-refractivity contribution in [3.05, 3.63) is 59.7 Å². The van der Waals surface area contributed by atoms with Gasteiger partial charge in [0.05, 0.1) is 0 Å². The van der Waals surface area contributed by atoms with Gasteiger partial charge in [-0.15, -0.1) is 24.0 Å². The van der Waals surface area contributed by atoms with Crippen molar-refractivity contribution in [2.45, 2.75) is 26.2 Å². The van der Waals surface area contributed by atoms with Crippen molar-refractivity contribution in [2.75, 3.05) is 30.9 Å². The smallest absolute Gasteiger partial charge is 0.193 e. The van der Waals surface area contributed by atoms with Crippen LogP contribution in [0.1, 0.15) is 24.5 Å². The molecule has 0 aliphatic heterocycles. The third kappa shape index (κ3) is 7.34. The van der Waals surface area contributed by atoms with Gasteiger partial charge in [-0.05, 0) is 54.7 Å².